The Balaban J connectivity index is 3.71. The van der Waals surface area contributed by atoms with Crippen LogP contribution in [0.1, 0.15) is 0 Å². The van der Waals surface area contributed by atoms with Crippen molar-refractivity contribution in [2.24, 2.45) is 0 Å². The summed E-state index contributed by atoms with van der Waals surface area (Å²) >= 11 is 4.46. The predicted molar refractivity (Wildman–Crippen MR) is 26.6 cm³/mol. The highest BCUT2D eigenvalue weighted by atomic mass is 32.1. The highest BCUT2D eigenvalue weighted by Crippen LogP contribution is 1.59. The van der Waals surface area contributed by atoms with E-state index in [1.54, 1.807) is 0 Å². The van der Waals surface area contributed by atoms with Gasteiger partial charge in [0.1, 0.15) is 0 Å². The van der Waals surface area contributed by atoms with Crippen molar-refractivity contribution in [1.29, 1.82) is 0 Å². The minimum atomic E-state index is -0.282. The maximum absolute atomic E-state index is 10.2. The Hall–Kier alpha value is -0.840. The van der Waals surface area contributed by atoms with Crippen molar-refractivity contribution in [3.63, 3.8) is 0 Å². The zero-order chi connectivity index (χ0) is 5.28. The van der Waals surface area contributed by atoms with Gasteiger partial charge < -0.3 is 0 Å². The zero-order valence-electron chi connectivity index (χ0n) is 3.32. The van der Waals surface area contributed by atoms with Gasteiger partial charge in [-0.3, -0.25) is 9.89 Å². The normalized spacial score (nSPS) is 9.14. The molecule has 0 amide bonds. The molecule has 0 saturated heterocycles. The van der Waals surface area contributed by atoms with Gasteiger partial charge in [-0.2, -0.15) is 0 Å². The lowest BCUT2D eigenvalue weighted by Crippen LogP contribution is -1.96. The van der Waals surface area contributed by atoms with Crippen molar-refractivity contribution < 1.29 is 0 Å². The first kappa shape index (κ1) is 4.32. The average Bonchev–Trinajstić information content (AvgIpc) is 1.91. The van der Waals surface area contributed by atoms with Gasteiger partial charge in [-0.15, -0.1) is 0 Å². The van der Waals surface area contributed by atoms with Crippen molar-refractivity contribution in [1.82, 2.24) is 15.4 Å². The molecule has 0 aliphatic rings. The quantitative estimate of drug-likeness (QED) is 0.410. The molecule has 0 atom stereocenters. The molecule has 1 aromatic heterocycles. The minimum absolute atomic E-state index is 0.181. The smallest absolute Gasteiger partial charge is 0.272 e. The number of hydrogen-bond acceptors (Lipinski definition) is 2. The zero-order valence-corrected chi connectivity index (χ0v) is 4.13. The summed E-state index contributed by atoms with van der Waals surface area (Å²) in [5.41, 5.74) is -0.282. The van der Waals surface area contributed by atoms with Gasteiger partial charge in [-0.25, -0.2) is 10.3 Å². The molecule has 0 unspecified atom stereocenters. The van der Waals surface area contributed by atoms with Crippen molar-refractivity contribution in [3.8, 4) is 0 Å². The monoisotopic (exact) mass is 117 g/mol. The number of rotatable bonds is 0. The molecular weight excluding hydrogens is 114 g/mol. The summed E-state index contributed by atoms with van der Waals surface area (Å²) in [6.07, 6.45) is 0. The summed E-state index contributed by atoms with van der Waals surface area (Å²) in [6, 6.07) is 0. The molecule has 1 aromatic rings. The van der Waals surface area contributed by atoms with Gasteiger partial charge in [-0.1, -0.05) is 12.2 Å². The van der Waals surface area contributed by atoms with Gasteiger partial charge in [0, 0.05) is 0 Å². The second-order valence-corrected chi connectivity index (χ2v) is 1.44. The molecule has 1 heterocycles. The molecular formula is C2H3N3OS. The molecule has 0 radical (unpaired) electrons. The molecule has 0 spiro atoms. The Morgan fingerprint density at radius 1 is 1.43 bits per heavy atom. The van der Waals surface area contributed by atoms with Crippen LogP contribution in [-0.2, 0) is 0 Å². The highest BCUT2D eigenvalue weighted by molar-refractivity contribution is 7.71. The van der Waals surface area contributed by atoms with Crippen LogP contribution >= 0.6 is 12.2 Å². The summed E-state index contributed by atoms with van der Waals surface area (Å²) in [5, 5.41) is 6.95. The molecule has 0 aromatic carbocycles. The Bertz CT molecular complexity index is 217. The van der Waals surface area contributed by atoms with Gasteiger partial charge in [-0.05, 0) is 0 Å². The van der Waals surface area contributed by atoms with Crippen molar-refractivity contribution in [2.45, 2.75) is 0 Å². The lowest BCUT2D eigenvalue weighted by molar-refractivity contribution is 0.928. The Kier molecular flexibility index (Phi) is 0.828. The van der Waals surface area contributed by atoms with Crippen LogP contribution < -0.4 is 5.56 Å². The number of aromatic amines is 3. The summed E-state index contributed by atoms with van der Waals surface area (Å²) in [4.78, 5) is 10.2. The maximum atomic E-state index is 10.2. The van der Waals surface area contributed by atoms with Gasteiger partial charge in [0.15, 0.2) is 4.64 Å². The van der Waals surface area contributed by atoms with E-state index in [1.165, 1.54) is 0 Å². The fourth-order valence-corrected chi connectivity index (χ4v) is 0.360. The van der Waals surface area contributed by atoms with Gasteiger partial charge >= 0.3 is 0 Å². The summed E-state index contributed by atoms with van der Waals surface area (Å²) in [5.74, 6) is 0. The van der Waals surface area contributed by atoms with E-state index in [1.807, 2.05) is 0 Å². The van der Waals surface area contributed by atoms with Gasteiger partial charge in [0.05, 0.1) is 0 Å². The average molecular weight is 117 g/mol. The minimum Gasteiger partial charge on any atom is -0.272 e. The molecule has 1 rings (SSSR count). The third kappa shape index (κ3) is 0.614. The van der Waals surface area contributed by atoms with Gasteiger partial charge in [0.2, 0.25) is 0 Å². The fraction of sp³-hybridized carbons (Fsp3) is 0. The number of aromatic nitrogens is 3. The van der Waals surface area contributed by atoms with Crippen LogP contribution in [0.5, 0.6) is 0 Å². The van der Waals surface area contributed by atoms with E-state index in [-0.39, 0.29) is 10.2 Å². The van der Waals surface area contributed by atoms with Crippen molar-refractivity contribution >= 4 is 12.2 Å². The standard InChI is InChI=1S/C2H3N3OS/c6-1-2(7)4-5-3-1/h(H3,3,4,5,6,7). The Labute approximate surface area is 43.5 Å². The first-order valence-corrected chi connectivity index (χ1v) is 2.07. The topological polar surface area (TPSA) is 64.4 Å². The number of nitrogens with one attached hydrogen (secondary N) is 3. The summed E-state index contributed by atoms with van der Waals surface area (Å²) < 4.78 is 0.181. The largest absolute Gasteiger partial charge is 0.299 e. The lowest BCUT2D eigenvalue weighted by Gasteiger charge is -1.56. The lowest BCUT2D eigenvalue weighted by atomic mass is 10.9. The van der Waals surface area contributed by atoms with E-state index in [9.17, 15) is 4.79 Å². The molecule has 0 bridgehead atoms. The van der Waals surface area contributed by atoms with E-state index >= 15 is 0 Å². The molecule has 4 nitrogen and oxygen atoms in total. The number of hydrogen-bond donors (Lipinski definition) is 3. The van der Waals surface area contributed by atoms with Crippen molar-refractivity contribution in [3.05, 3.63) is 15.0 Å². The van der Waals surface area contributed by atoms with E-state index in [0.29, 0.717) is 0 Å². The first-order chi connectivity index (χ1) is 3.30. The van der Waals surface area contributed by atoms with E-state index in [4.69, 9.17) is 0 Å². The van der Waals surface area contributed by atoms with Crippen LogP contribution in [-0.4, -0.2) is 15.4 Å². The molecule has 5 heteroatoms. The van der Waals surface area contributed by atoms with Crippen LogP contribution in [0.15, 0.2) is 4.79 Å². The fourth-order valence-electron chi connectivity index (χ4n) is 0.258. The molecule has 3 N–H and O–H groups in total. The highest BCUT2D eigenvalue weighted by Gasteiger charge is 1.80. The molecule has 0 saturated carbocycles. The second-order valence-electron chi connectivity index (χ2n) is 1.03. The molecule has 38 valence electrons. The van der Waals surface area contributed by atoms with Crippen LogP contribution in [0.2, 0.25) is 0 Å². The summed E-state index contributed by atoms with van der Waals surface area (Å²) in [6.45, 7) is 0. The van der Waals surface area contributed by atoms with Crippen LogP contribution in [0.25, 0.3) is 0 Å². The Morgan fingerprint density at radius 2 is 2.14 bits per heavy atom. The van der Waals surface area contributed by atoms with Crippen LogP contribution in [0, 0.1) is 4.64 Å². The van der Waals surface area contributed by atoms with E-state index in [2.05, 4.69) is 27.6 Å². The van der Waals surface area contributed by atoms with E-state index in [0.717, 1.165) is 0 Å². The van der Waals surface area contributed by atoms with Gasteiger partial charge in [0.25, 0.3) is 5.56 Å². The maximum Gasteiger partial charge on any atom is 0.299 e. The molecule has 7 heavy (non-hydrogen) atoms. The second kappa shape index (κ2) is 1.34. The number of H-pyrrole nitrogens is 3. The Morgan fingerprint density at radius 3 is 2.29 bits per heavy atom. The molecule has 0 aliphatic carbocycles. The van der Waals surface area contributed by atoms with Crippen LogP contribution in [0.3, 0.4) is 0 Å². The summed E-state index contributed by atoms with van der Waals surface area (Å²) in [7, 11) is 0. The third-order valence-electron chi connectivity index (χ3n) is 0.558. The van der Waals surface area contributed by atoms with E-state index < -0.39 is 0 Å². The van der Waals surface area contributed by atoms with Crippen molar-refractivity contribution in [2.75, 3.05) is 0 Å². The first-order valence-electron chi connectivity index (χ1n) is 1.66. The SMILES string of the molecule is O=c1[nH][nH][nH]c1=S. The predicted octanol–water partition coefficient (Wildman–Crippen LogP) is -0.239. The third-order valence-corrected chi connectivity index (χ3v) is 0.846. The van der Waals surface area contributed by atoms with Crippen LogP contribution in [0.4, 0.5) is 0 Å². The molecule has 0 fully saturated rings. The molecule has 0 aliphatic heterocycles.